The van der Waals surface area contributed by atoms with Crippen LogP contribution in [-0.4, -0.2) is 30.7 Å². The van der Waals surface area contributed by atoms with Crippen LogP contribution in [0.15, 0.2) is 60.7 Å². The van der Waals surface area contributed by atoms with Gasteiger partial charge in [0, 0.05) is 25.9 Å². The van der Waals surface area contributed by atoms with Crippen molar-refractivity contribution in [2.24, 2.45) is 0 Å². The second kappa shape index (κ2) is 10.1. The summed E-state index contributed by atoms with van der Waals surface area (Å²) in [6.07, 6.45) is 0.419. The smallest absolute Gasteiger partial charge is 0.232 e. The molecule has 2 N–H and O–H groups in total. The molecule has 0 radical (unpaired) electrons. The second-order valence-electron chi connectivity index (χ2n) is 6.10. The van der Waals surface area contributed by atoms with Crippen molar-refractivity contribution in [2.45, 2.75) is 25.7 Å². The Labute approximate surface area is 153 Å². The summed E-state index contributed by atoms with van der Waals surface area (Å²) in [5, 5.41) is 5.59. The first-order chi connectivity index (χ1) is 12.6. The lowest BCUT2D eigenvalue weighted by molar-refractivity contribution is -0.125. The van der Waals surface area contributed by atoms with E-state index < -0.39 is 5.92 Å². The molecule has 2 aromatic rings. The van der Waals surface area contributed by atoms with Crippen LogP contribution in [0.1, 0.15) is 36.8 Å². The monoisotopic (exact) mass is 352 g/mol. The van der Waals surface area contributed by atoms with Crippen molar-refractivity contribution in [1.82, 2.24) is 10.6 Å². The van der Waals surface area contributed by atoms with Crippen molar-refractivity contribution in [3.8, 4) is 0 Å². The van der Waals surface area contributed by atoms with Gasteiger partial charge in [0.1, 0.15) is 5.78 Å². The molecule has 0 fully saturated rings. The Hall–Kier alpha value is -2.95. The number of amides is 2. The number of benzene rings is 2. The summed E-state index contributed by atoms with van der Waals surface area (Å²) in [7, 11) is 0. The normalized spacial score (nSPS) is 10.4. The molecule has 0 saturated heterocycles. The molecular formula is C21H24N2O3. The van der Waals surface area contributed by atoms with Gasteiger partial charge >= 0.3 is 0 Å². The van der Waals surface area contributed by atoms with E-state index in [2.05, 4.69) is 10.6 Å². The Morgan fingerprint density at radius 1 is 0.769 bits per heavy atom. The van der Waals surface area contributed by atoms with Gasteiger partial charge in [0.15, 0.2) is 0 Å². The molecule has 0 spiro atoms. The van der Waals surface area contributed by atoms with E-state index in [1.54, 1.807) is 0 Å². The fourth-order valence-corrected chi connectivity index (χ4v) is 2.65. The number of hydrogen-bond acceptors (Lipinski definition) is 3. The van der Waals surface area contributed by atoms with Gasteiger partial charge in [-0.1, -0.05) is 60.7 Å². The van der Waals surface area contributed by atoms with Crippen molar-refractivity contribution in [1.29, 1.82) is 0 Å². The third-order valence-corrected chi connectivity index (χ3v) is 3.98. The highest BCUT2D eigenvalue weighted by Gasteiger charge is 2.21. The van der Waals surface area contributed by atoms with Crippen LogP contribution >= 0.6 is 0 Å². The van der Waals surface area contributed by atoms with E-state index in [0.29, 0.717) is 13.1 Å². The predicted octanol–water partition coefficient (Wildman–Crippen LogP) is 2.42. The van der Waals surface area contributed by atoms with Gasteiger partial charge in [-0.25, -0.2) is 0 Å². The van der Waals surface area contributed by atoms with Gasteiger partial charge < -0.3 is 15.4 Å². The van der Waals surface area contributed by atoms with E-state index in [1.807, 2.05) is 60.7 Å². The van der Waals surface area contributed by atoms with E-state index in [1.165, 1.54) is 6.92 Å². The second-order valence-corrected chi connectivity index (χ2v) is 6.10. The Kier molecular flexibility index (Phi) is 7.55. The Morgan fingerprint density at radius 3 is 1.77 bits per heavy atom. The molecule has 0 aliphatic rings. The minimum Gasteiger partial charge on any atom is -0.354 e. The molecule has 5 heteroatoms. The van der Waals surface area contributed by atoms with Crippen molar-refractivity contribution in [2.75, 3.05) is 13.1 Å². The van der Waals surface area contributed by atoms with Crippen molar-refractivity contribution in [3.63, 3.8) is 0 Å². The maximum atomic E-state index is 12.7. The highest BCUT2D eigenvalue weighted by molar-refractivity contribution is 5.87. The fourth-order valence-electron chi connectivity index (χ4n) is 2.65. The summed E-state index contributed by atoms with van der Waals surface area (Å²) >= 11 is 0. The summed E-state index contributed by atoms with van der Waals surface area (Å²) in [4.78, 5) is 35.2. The summed E-state index contributed by atoms with van der Waals surface area (Å²) in [5.74, 6) is -0.703. The third kappa shape index (κ3) is 6.16. The van der Waals surface area contributed by atoms with Crippen LogP contribution in [0.25, 0.3) is 0 Å². The summed E-state index contributed by atoms with van der Waals surface area (Å²) < 4.78 is 0. The van der Waals surface area contributed by atoms with Gasteiger partial charge in [-0.05, 0) is 18.1 Å². The highest BCUT2D eigenvalue weighted by Crippen LogP contribution is 2.24. The topological polar surface area (TPSA) is 75.3 Å². The highest BCUT2D eigenvalue weighted by atomic mass is 16.2. The van der Waals surface area contributed by atoms with Crippen LogP contribution in [0.2, 0.25) is 0 Å². The molecule has 26 heavy (non-hydrogen) atoms. The van der Waals surface area contributed by atoms with Gasteiger partial charge in [0.2, 0.25) is 11.8 Å². The van der Waals surface area contributed by atoms with E-state index >= 15 is 0 Å². The molecule has 0 saturated carbocycles. The lowest BCUT2D eigenvalue weighted by Crippen LogP contribution is -2.37. The summed E-state index contributed by atoms with van der Waals surface area (Å²) in [5.41, 5.74) is 1.84. The molecule has 136 valence electrons. The first-order valence-corrected chi connectivity index (χ1v) is 8.71. The van der Waals surface area contributed by atoms with E-state index in [-0.39, 0.29) is 30.4 Å². The van der Waals surface area contributed by atoms with Gasteiger partial charge in [0.05, 0.1) is 5.92 Å². The predicted molar refractivity (Wildman–Crippen MR) is 101 cm³/mol. The lowest BCUT2D eigenvalue weighted by Gasteiger charge is -2.18. The molecule has 0 unspecified atom stereocenters. The summed E-state index contributed by atoms with van der Waals surface area (Å²) in [6, 6.07) is 19.2. The average molecular weight is 352 g/mol. The molecule has 2 rings (SSSR count). The fraction of sp³-hybridized carbons (Fsp3) is 0.286. The number of ketones is 1. The maximum Gasteiger partial charge on any atom is 0.232 e. The zero-order valence-electron chi connectivity index (χ0n) is 14.9. The SMILES string of the molecule is CC(=O)CCC(=O)NCCNC(=O)C(c1ccccc1)c1ccccc1. The molecule has 0 aromatic heterocycles. The lowest BCUT2D eigenvalue weighted by atomic mass is 9.90. The molecule has 2 amide bonds. The molecule has 0 heterocycles. The van der Waals surface area contributed by atoms with Gasteiger partial charge in [0.25, 0.3) is 0 Å². The van der Waals surface area contributed by atoms with Crippen LogP contribution in [0.3, 0.4) is 0 Å². The van der Waals surface area contributed by atoms with Crippen molar-refractivity contribution in [3.05, 3.63) is 71.8 Å². The number of carbonyl (C=O) groups is 3. The molecular weight excluding hydrogens is 328 g/mol. The Balaban J connectivity index is 1.92. The Morgan fingerprint density at radius 2 is 1.27 bits per heavy atom. The molecule has 0 aliphatic heterocycles. The zero-order valence-corrected chi connectivity index (χ0v) is 14.9. The minimum absolute atomic E-state index is 0.0120. The number of hydrogen-bond donors (Lipinski definition) is 2. The maximum absolute atomic E-state index is 12.7. The van der Waals surface area contributed by atoms with E-state index in [4.69, 9.17) is 0 Å². The quantitative estimate of drug-likeness (QED) is 0.681. The van der Waals surface area contributed by atoms with Crippen LogP contribution in [0.5, 0.6) is 0 Å². The molecule has 0 bridgehead atoms. The van der Waals surface area contributed by atoms with Crippen LogP contribution in [0.4, 0.5) is 0 Å². The van der Waals surface area contributed by atoms with Crippen LogP contribution in [-0.2, 0) is 14.4 Å². The molecule has 5 nitrogen and oxygen atoms in total. The largest absolute Gasteiger partial charge is 0.354 e. The van der Waals surface area contributed by atoms with Crippen molar-refractivity contribution < 1.29 is 14.4 Å². The van der Waals surface area contributed by atoms with E-state index in [9.17, 15) is 14.4 Å². The first kappa shape index (κ1) is 19.4. The number of carbonyl (C=O) groups excluding carboxylic acids is 3. The van der Waals surface area contributed by atoms with Crippen molar-refractivity contribution >= 4 is 17.6 Å². The minimum atomic E-state index is -0.397. The molecule has 2 aromatic carbocycles. The number of Topliss-reactive ketones (excluding diaryl/α,β-unsaturated/α-hetero) is 1. The molecule has 0 aliphatic carbocycles. The standard InChI is InChI=1S/C21H24N2O3/c1-16(24)12-13-19(25)22-14-15-23-21(26)20(17-8-4-2-5-9-17)18-10-6-3-7-11-18/h2-11,20H,12-15H2,1H3,(H,22,25)(H,23,26). The van der Waals surface area contributed by atoms with Gasteiger partial charge in [-0.15, -0.1) is 0 Å². The van der Waals surface area contributed by atoms with Crippen LogP contribution < -0.4 is 10.6 Å². The molecule has 0 atom stereocenters. The van der Waals surface area contributed by atoms with E-state index in [0.717, 1.165) is 11.1 Å². The number of nitrogens with one attached hydrogen (secondary N) is 2. The average Bonchev–Trinajstić information content (AvgIpc) is 2.65. The Bertz CT molecular complexity index is 690. The van der Waals surface area contributed by atoms with Gasteiger partial charge in [-0.2, -0.15) is 0 Å². The first-order valence-electron chi connectivity index (χ1n) is 8.71. The zero-order chi connectivity index (χ0) is 18.8. The third-order valence-electron chi connectivity index (χ3n) is 3.98. The number of rotatable bonds is 9. The van der Waals surface area contributed by atoms with Gasteiger partial charge in [-0.3, -0.25) is 9.59 Å². The summed E-state index contributed by atoms with van der Waals surface area (Å²) in [6.45, 7) is 2.13. The van der Waals surface area contributed by atoms with Crippen LogP contribution in [0, 0.1) is 0 Å².